The Kier molecular flexibility index (Phi) is 5.57. The predicted molar refractivity (Wildman–Crippen MR) is 87.7 cm³/mol. The number of benzene rings is 1. The Morgan fingerprint density at radius 2 is 2.00 bits per heavy atom. The lowest BCUT2D eigenvalue weighted by Gasteiger charge is -2.24. The van der Waals surface area contributed by atoms with Crippen molar-refractivity contribution < 1.29 is 19.4 Å². The topological polar surface area (TPSA) is 104 Å². The number of amides is 1. The number of rotatable bonds is 7. The van der Waals surface area contributed by atoms with Gasteiger partial charge in [-0.25, -0.2) is 9.59 Å². The number of aromatic carboxylic acids is 1. The van der Waals surface area contributed by atoms with E-state index in [1.54, 1.807) is 0 Å². The quantitative estimate of drug-likeness (QED) is 0.723. The van der Waals surface area contributed by atoms with Crippen molar-refractivity contribution in [2.24, 2.45) is 5.41 Å². The van der Waals surface area contributed by atoms with E-state index in [-0.39, 0.29) is 17.6 Å². The van der Waals surface area contributed by atoms with Crippen molar-refractivity contribution in [3.8, 4) is 0 Å². The van der Waals surface area contributed by atoms with Crippen LogP contribution in [0.4, 0.5) is 4.79 Å². The molecule has 0 radical (unpaired) electrons. The number of nitrogens with zero attached hydrogens (tertiary/aromatic N) is 1. The highest BCUT2D eigenvalue weighted by atomic mass is 16.5. The summed E-state index contributed by atoms with van der Waals surface area (Å²) in [6, 6.07) is 9.41. The highest BCUT2D eigenvalue weighted by molar-refractivity contribution is 5.88. The van der Waals surface area contributed by atoms with Crippen LogP contribution in [0.25, 0.3) is 0 Å². The fraction of sp³-hybridized carbons (Fsp3) is 0.353. The van der Waals surface area contributed by atoms with E-state index in [1.807, 2.05) is 44.2 Å². The van der Waals surface area contributed by atoms with Gasteiger partial charge < -0.3 is 15.2 Å². The molecule has 128 valence electrons. The molecule has 0 aliphatic rings. The predicted octanol–water partition coefficient (Wildman–Crippen LogP) is 2.60. The smallest absolute Gasteiger partial charge is 0.407 e. The second kappa shape index (κ2) is 7.63. The summed E-state index contributed by atoms with van der Waals surface area (Å²) in [4.78, 5) is 22.9. The number of carbonyl (C=O) groups is 2. The maximum atomic E-state index is 11.8. The van der Waals surface area contributed by atoms with Crippen LogP contribution in [0.3, 0.4) is 0 Å². The summed E-state index contributed by atoms with van der Waals surface area (Å²) in [5.41, 5.74) is 1.24. The summed E-state index contributed by atoms with van der Waals surface area (Å²) in [6.45, 7) is 4.41. The zero-order valence-electron chi connectivity index (χ0n) is 13.7. The van der Waals surface area contributed by atoms with Gasteiger partial charge in [-0.3, -0.25) is 5.10 Å². The Balaban J connectivity index is 1.82. The normalized spacial score (nSPS) is 11.1. The third-order valence-corrected chi connectivity index (χ3v) is 3.53. The molecule has 0 saturated heterocycles. The Bertz CT molecular complexity index is 695. The molecule has 2 rings (SSSR count). The molecular formula is C17H21N3O4. The fourth-order valence-electron chi connectivity index (χ4n) is 2.26. The molecule has 24 heavy (non-hydrogen) atoms. The zero-order chi connectivity index (χ0) is 17.6. The first-order valence-corrected chi connectivity index (χ1v) is 7.57. The summed E-state index contributed by atoms with van der Waals surface area (Å²) in [5, 5.41) is 18.3. The zero-order valence-corrected chi connectivity index (χ0v) is 13.7. The number of alkyl carbamates (subject to hydrolysis) is 1. The fourth-order valence-corrected chi connectivity index (χ4v) is 2.26. The number of hydrogen-bond donors (Lipinski definition) is 3. The van der Waals surface area contributed by atoms with Crippen molar-refractivity contribution in [2.75, 3.05) is 6.54 Å². The Labute approximate surface area is 140 Å². The van der Waals surface area contributed by atoms with Crippen molar-refractivity contribution in [1.82, 2.24) is 15.5 Å². The van der Waals surface area contributed by atoms with E-state index in [0.29, 0.717) is 18.7 Å². The highest BCUT2D eigenvalue weighted by Crippen LogP contribution is 2.22. The first-order chi connectivity index (χ1) is 11.4. The molecule has 1 amide bonds. The molecule has 0 spiro atoms. The molecule has 1 aromatic carbocycles. The summed E-state index contributed by atoms with van der Waals surface area (Å²) < 4.78 is 5.16. The van der Waals surface area contributed by atoms with Crippen molar-refractivity contribution >= 4 is 12.1 Å². The monoisotopic (exact) mass is 331 g/mol. The first kappa shape index (κ1) is 17.5. The molecule has 1 aromatic heterocycles. The lowest BCUT2D eigenvalue weighted by atomic mass is 9.87. The van der Waals surface area contributed by atoms with Crippen molar-refractivity contribution in [1.29, 1.82) is 0 Å². The van der Waals surface area contributed by atoms with Gasteiger partial charge in [0, 0.05) is 6.54 Å². The van der Waals surface area contributed by atoms with Crippen LogP contribution in [0.1, 0.15) is 35.5 Å². The van der Waals surface area contributed by atoms with Gasteiger partial charge >= 0.3 is 12.1 Å². The summed E-state index contributed by atoms with van der Waals surface area (Å²) in [5.74, 6) is -1.02. The number of nitrogens with one attached hydrogen (secondary N) is 2. The summed E-state index contributed by atoms with van der Waals surface area (Å²) in [7, 11) is 0. The van der Waals surface area contributed by atoms with E-state index in [1.165, 1.54) is 6.20 Å². The van der Waals surface area contributed by atoms with Gasteiger partial charge in [0.15, 0.2) is 0 Å². The van der Waals surface area contributed by atoms with Gasteiger partial charge in [-0.05, 0) is 17.4 Å². The Hall–Kier alpha value is -2.83. The van der Waals surface area contributed by atoms with E-state index in [2.05, 4.69) is 15.5 Å². The number of ether oxygens (including phenoxy) is 1. The van der Waals surface area contributed by atoms with E-state index in [9.17, 15) is 9.59 Å². The van der Waals surface area contributed by atoms with E-state index < -0.39 is 12.1 Å². The number of aromatic amines is 1. The van der Waals surface area contributed by atoms with Crippen LogP contribution >= 0.6 is 0 Å². The molecule has 7 heteroatoms. The van der Waals surface area contributed by atoms with Crippen LogP contribution in [-0.2, 0) is 17.8 Å². The largest absolute Gasteiger partial charge is 0.478 e. The second-order valence-corrected chi connectivity index (χ2v) is 6.32. The average molecular weight is 331 g/mol. The van der Waals surface area contributed by atoms with E-state index in [4.69, 9.17) is 9.84 Å². The Morgan fingerprint density at radius 3 is 2.67 bits per heavy atom. The molecule has 7 nitrogen and oxygen atoms in total. The molecule has 2 aromatic rings. The highest BCUT2D eigenvalue weighted by Gasteiger charge is 2.24. The molecule has 0 aliphatic heterocycles. The molecule has 1 heterocycles. The van der Waals surface area contributed by atoms with Gasteiger partial charge in [0.25, 0.3) is 0 Å². The molecule has 0 unspecified atom stereocenters. The number of carboxylic acid groups (broad SMARTS) is 1. The van der Waals surface area contributed by atoms with Crippen LogP contribution in [0.2, 0.25) is 0 Å². The number of H-pyrrole nitrogens is 1. The maximum absolute atomic E-state index is 11.8. The van der Waals surface area contributed by atoms with Crippen LogP contribution in [-0.4, -0.2) is 33.9 Å². The molecule has 3 N–H and O–H groups in total. The van der Waals surface area contributed by atoms with Gasteiger partial charge in [-0.2, -0.15) is 5.10 Å². The molecular weight excluding hydrogens is 310 g/mol. The molecule has 0 fully saturated rings. The lowest BCUT2D eigenvalue weighted by Crippen LogP contribution is -2.35. The van der Waals surface area contributed by atoms with E-state index in [0.717, 1.165) is 5.56 Å². The van der Waals surface area contributed by atoms with Crippen LogP contribution < -0.4 is 5.32 Å². The molecule has 0 aliphatic carbocycles. The third kappa shape index (κ3) is 5.12. The Morgan fingerprint density at radius 1 is 1.29 bits per heavy atom. The van der Waals surface area contributed by atoms with Crippen molar-refractivity contribution in [3.05, 3.63) is 53.3 Å². The standard InChI is InChI=1S/C17H21N3O4/c1-17(2,8-14-13(15(21)22)9-19-20-14)11-18-16(23)24-10-12-6-4-3-5-7-12/h3-7,9H,8,10-11H2,1-2H3,(H,18,23)(H,19,20)(H,21,22). The molecule has 0 bridgehead atoms. The van der Waals surface area contributed by atoms with Crippen LogP contribution in [0.5, 0.6) is 0 Å². The summed E-state index contributed by atoms with van der Waals surface area (Å²) >= 11 is 0. The second-order valence-electron chi connectivity index (χ2n) is 6.32. The first-order valence-electron chi connectivity index (χ1n) is 7.57. The van der Waals surface area contributed by atoms with Gasteiger partial charge in [-0.15, -0.1) is 0 Å². The van der Waals surface area contributed by atoms with Gasteiger partial charge in [0.2, 0.25) is 0 Å². The van der Waals surface area contributed by atoms with Crippen LogP contribution in [0.15, 0.2) is 36.5 Å². The molecule has 0 atom stereocenters. The third-order valence-electron chi connectivity index (χ3n) is 3.53. The number of hydrogen-bond acceptors (Lipinski definition) is 4. The van der Waals surface area contributed by atoms with Crippen molar-refractivity contribution in [3.63, 3.8) is 0 Å². The van der Waals surface area contributed by atoms with Crippen molar-refractivity contribution in [2.45, 2.75) is 26.9 Å². The number of carbonyl (C=O) groups excluding carboxylic acids is 1. The van der Waals surface area contributed by atoms with E-state index >= 15 is 0 Å². The lowest BCUT2D eigenvalue weighted by molar-refractivity contribution is 0.0695. The molecule has 0 saturated carbocycles. The number of carboxylic acids is 1. The van der Waals surface area contributed by atoms with Crippen LogP contribution in [0, 0.1) is 5.41 Å². The minimum absolute atomic E-state index is 0.148. The minimum atomic E-state index is -1.02. The summed E-state index contributed by atoms with van der Waals surface area (Å²) in [6.07, 6.45) is 1.22. The number of aromatic nitrogens is 2. The van der Waals surface area contributed by atoms with Gasteiger partial charge in [0.1, 0.15) is 12.2 Å². The average Bonchev–Trinajstić information content (AvgIpc) is 2.99. The minimum Gasteiger partial charge on any atom is -0.478 e. The SMILES string of the molecule is CC(C)(CNC(=O)OCc1ccccc1)Cc1[nH]ncc1C(=O)O. The van der Waals surface area contributed by atoms with Gasteiger partial charge in [0.05, 0.1) is 11.9 Å². The maximum Gasteiger partial charge on any atom is 0.407 e. The van der Waals surface area contributed by atoms with Gasteiger partial charge in [-0.1, -0.05) is 44.2 Å².